The molecule has 11 heavy (non-hydrogen) atoms. The van der Waals surface area contributed by atoms with E-state index in [2.05, 4.69) is 6.58 Å². The molecule has 0 saturated heterocycles. The van der Waals surface area contributed by atoms with Gasteiger partial charge in [-0.15, -0.1) is 0 Å². The molecule has 0 aromatic carbocycles. The lowest BCUT2D eigenvalue weighted by molar-refractivity contribution is 0.136. The van der Waals surface area contributed by atoms with E-state index in [1.165, 1.54) is 0 Å². The molecule has 2 nitrogen and oxygen atoms in total. The van der Waals surface area contributed by atoms with E-state index in [-0.39, 0.29) is 12.0 Å². The molecular formula is C9H17NO. The second-order valence-corrected chi connectivity index (χ2v) is 2.93. The Balaban J connectivity index is 3.61. The van der Waals surface area contributed by atoms with E-state index >= 15 is 0 Å². The third-order valence-electron chi connectivity index (χ3n) is 1.66. The molecule has 0 fully saturated rings. The minimum Gasteiger partial charge on any atom is -0.399 e. The Labute approximate surface area is 68.4 Å². The number of rotatable bonds is 4. The fourth-order valence-corrected chi connectivity index (χ4v) is 0.631. The van der Waals surface area contributed by atoms with Crippen molar-refractivity contribution in [2.45, 2.75) is 26.4 Å². The fourth-order valence-electron chi connectivity index (χ4n) is 0.631. The molecule has 2 atom stereocenters. The molecule has 0 rings (SSSR count). The number of hydrogen-bond acceptors (Lipinski definition) is 2. The summed E-state index contributed by atoms with van der Waals surface area (Å²) < 4.78 is 0. The highest BCUT2D eigenvalue weighted by atomic mass is 16.3. The average Bonchev–Trinajstić information content (AvgIpc) is 1.86. The zero-order valence-electron chi connectivity index (χ0n) is 7.25. The van der Waals surface area contributed by atoms with E-state index in [9.17, 15) is 0 Å². The molecule has 0 aliphatic rings. The lowest BCUT2D eigenvalue weighted by Gasteiger charge is -2.10. The molecule has 0 radical (unpaired) electrons. The van der Waals surface area contributed by atoms with Gasteiger partial charge in [0.2, 0.25) is 0 Å². The topological polar surface area (TPSA) is 46.2 Å². The maximum absolute atomic E-state index is 9.10. The van der Waals surface area contributed by atoms with Crippen molar-refractivity contribution in [1.29, 1.82) is 0 Å². The van der Waals surface area contributed by atoms with Crippen LogP contribution < -0.4 is 5.73 Å². The lowest BCUT2D eigenvalue weighted by Crippen LogP contribution is -2.11. The summed E-state index contributed by atoms with van der Waals surface area (Å²) in [6, 6.07) is 0. The third-order valence-corrected chi connectivity index (χ3v) is 1.66. The predicted molar refractivity (Wildman–Crippen MR) is 47.9 cm³/mol. The van der Waals surface area contributed by atoms with Gasteiger partial charge in [0.25, 0.3) is 0 Å². The van der Waals surface area contributed by atoms with Gasteiger partial charge in [-0.3, -0.25) is 0 Å². The molecule has 0 heterocycles. The molecule has 0 aromatic heterocycles. The van der Waals surface area contributed by atoms with Crippen molar-refractivity contribution in [1.82, 2.24) is 0 Å². The summed E-state index contributed by atoms with van der Waals surface area (Å²) in [6.45, 7) is 7.31. The van der Waals surface area contributed by atoms with Crippen molar-refractivity contribution in [3.8, 4) is 0 Å². The molecule has 0 aliphatic heterocycles. The van der Waals surface area contributed by atoms with Crippen molar-refractivity contribution in [3.05, 3.63) is 24.4 Å². The van der Waals surface area contributed by atoms with Gasteiger partial charge in [0.15, 0.2) is 0 Å². The Morgan fingerprint density at radius 1 is 1.64 bits per heavy atom. The van der Waals surface area contributed by atoms with Crippen LogP contribution in [0.2, 0.25) is 0 Å². The molecule has 0 bridgehead atoms. The predicted octanol–water partition coefficient (Wildman–Crippen LogP) is 1.42. The molecule has 0 aliphatic carbocycles. The minimum atomic E-state index is -0.259. The van der Waals surface area contributed by atoms with Gasteiger partial charge in [-0.1, -0.05) is 19.6 Å². The monoisotopic (exact) mass is 155 g/mol. The van der Waals surface area contributed by atoms with Gasteiger partial charge in [-0.05, 0) is 25.3 Å². The summed E-state index contributed by atoms with van der Waals surface area (Å²) >= 11 is 0. The van der Waals surface area contributed by atoms with Gasteiger partial charge in [0.1, 0.15) is 0 Å². The summed E-state index contributed by atoms with van der Waals surface area (Å²) in [5.74, 6) is 0.283. The molecule has 64 valence electrons. The third kappa shape index (κ3) is 5.67. The second-order valence-electron chi connectivity index (χ2n) is 2.93. The summed E-state index contributed by atoms with van der Waals surface area (Å²) in [6.07, 6.45) is 4.28. The quantitative estimate of drug-likeness (QED) is 0.603. The number of nitrogens with two attached hydrogens (primary N) is 1. The zero-order valence-corrected chi connectivity index (χ0v) is 7.25. The minimum absolute atomic E-state index is 0.259. The fraction of sp³-hybridized carbons (Fsp3) is 0.556. The van der Waals surface area contributed by atoms with Crippen LogP contribution in [0.25, 0.3) is 0 Å². The van der Waals surface area contributed by atoms with Crippen LogP contribution in [-0.2, 0) is 0 Å². The number of allylic oxidation sites excluding steroid dienone is 2. The van der Waals surface area contributed by atoms with Crippen LogP contribution in [0.3, 0.4) is 0 Å². The van der Waals surface area contributed by atoms with Crippen molar-refractivity contribution in [2.75, 3.05) is 0 Å². The largest absolute Gasteiger partial charge is 0.399 e. The van der Waals surface area contributed by atoms with Gasteiger partial charge in [0, 0.05) is 5.70 Å². The van der Waals surface area contributed by atoms with Crippen LogP contribution >= 0.6 is 0 Å². The van der Waals surface area contributed by atoms with Crippen LogP contribution in [0, 0.1) is 5.92 Å². The van der Waals surface area contributed by atoms with Gasteiger partial charge in [-0.2, -0.15) is 0 Å². The summed E-state index contributed by atoms with van der Waals surface area (Å²) in [5.41, 5.74) is 5.87. The zero-order chi connectivity index (χ0) is 8.85. The molecule has 0 aromatic rings. The van der Waals surface area contributed by atoms with Crippen molar-refractivity contribution in [3.63, 3.8) is 0 Å². The molecule has 3 N–H and O–H groups in total. The van der Waals surface area contributed by atoms with Gasteiger partial charge < -0.3 is 10.8 Å². The van der Waals surface area contributed by atoms with Crippen LogP contribution in [0.15, 0.2) is 24.4 Å². The van der Waals surface area contributed by atoms with Crippen LogP contribution in [0.1, 0.15) is 20.3 Å². The average molecular weight is 155 g/mol. The summed E-state index contributed by atoms with van der Waals surface area (Å²) in [5, 5.41) is 9.10. The second kappa shape index (κ2) is 4.97. The summed E-state index contributed by atoms with van der Waals surface area (Å²) in [7, 11) is 0. The van der Waals surface area contributed by atoms with E-state index in [1.54, 1.807) is 13.0 Å². The molecule has 0 spiro atoms. The molecule has 0 saturated carbocycles. The molecule has 2 heteroatoms. The van der Waals surface area contributed by atoms with Crippen LogP contribution in [0.4, 0.5) is 0 Å². The van der Waals surface area contributed by atoms with Crippen molar-refractivity contribution < 1.29 is 5.11 Å². The van der Waals surface area contributed by atoms with Gasteiger partial charge in [-0.25, -0.2) is 0 Å². The highest BCUT2D eigenvalue weighted by molar-refractivity contribution is 5.09. The highest BCUT2D eigenvalue weighted by Crippen LogP contribution is 2.07. The van der Waals surface area contributed by atoms with E-state index in [1.807, 2.05) is 13.0 Å². The maximum atomic E-state index is 9.10. The Hall–Kier alpha value is -0.760. The Morgan fingerprint density at radius 3 is 2.55 bits per heavy atom. The number of aliphatic hydroxyl groups excluding tert-OH is 1. The van der Waals surface area contributed by atoms with Crippen molar-refractivity contribution >= 4 is 0 Å². The van der Waals surface area contributed by atoms with Gasteiger partial charge >= 0.3 is 0 Å². The summed E-state index contributed by atoms with van der Waals surface area (Å²) in [4.78, 5) is 0. The first-order valence-electron chi connectivity index (χ1n) is 3.83. The Morgan fingerprint density at radius 2 is 2.18 bits per heavy atom. The van der Waals surface area contributed by atoms with E-state index < -0.39 is 0 Å². The van der Waals surface area contributed by atoms with Crippen LogP contribution in [0.5, 0.6) is 0 Å². The maximum Gasteiger partial charge on any atom is 0.0540 e. The smallest absolute Gasteiger partial charge is 0.0540 e. The standard InChI is InChI=1S/C9H17NO/c1-7(9(3)11)5-4-6-8(2)10/h4,6-7,9,11H,2,5,10H2,1,3H3/b6-4-/t7?,9-/m1/s1. The van der Waals surface area contributed by atoms with E-state index in [0.717, 1.165) is 6.42 Å². The Bertz CT molecular complexity index is 150. The Kier molecular flexibility index (Phi) is 4.62. The number of hydrogen-bond donors (Lipinski definition) is 2. The molecular weight excluding hydrogens is 138 g/mol. The lowest BCUT2D eigenvalue weighted by atomic mass is 10.0. The van der Waals surface area contributed by atoms with Gasteiger partial charge in [0.05, 0.1) is 6.10 Å². The normalized spacial score (nSPS) is 16.6. The van der Waals surface area contributed by atoms with E-state index in [4.69, 9.17) is 10.8 Å². The highest BCUT2D eigenvalue weighted by Gasteiger charge is 2.05. The molecule has 0 amide bonds. The van der Waals surface area contributed by atoms with Crippen LogP contribution in [-0.4, -0.2) is 11.2 Å². The molecule has 1 unspecified atom stereocenters. The SMILES string of the molecule is C=C(N)/C=C\CC(C)[C@@H](C)O. The first-order chi connectivity index (χ1) is 5.04. The van der Waals surface area contributed by atoms with Crippen molar-refractivity contribution in [2.24, 2.45) is 11.7 Å². The van der Waals surface area contributed by atoms with E-state index in [0.29, 0.717) is 5.70 Å². The number of aliphatic hydroxyl groups is 1. The first kappa shape index (κ1) is 10.2. The first-order valence-corrected chi connectivity index (χ1v) is 3.83.